The predicted octanol–water partition coefficient (Wildman–Crippen LogP) is 4.49. The molecule has 0 aromatic heterocycles. The van der Waals surface area contributed by atoms with Crippen molar-refractivity contribution in [2.24, 2.45) is 0 Å². The van der Waals surface area contributed by atoms with Crippen molar-refractivity contribution in [1.82, 2.24) is 4.90 Å². The summed E-state index contributed by atoms with van der Waals surface area (Å²) in [4.78, 5) is 14.8. The van der Waals surface area contributed by atoms with Crippen molar-refractivity contribution >= 4 is 33.4 Å². The zero-order chi connectivity index (χ0) is 22.1. The lowest BCUT2D eigenvalue weighted by Gasteiger charge is -2.31. The summed E-state index contributed by atoms with van der Waals surface area (Å²) < 4.78 is 66.0. The van der Waals surface area contributed by atoms with E-state index in [1.807, 2.05) is 13.8 Å². The lowest BCUT2D eigenvalue weighted by atomic mass is 10.1. The molecule has 2 aromatic carbocycles. The van der Waals surface area contributed by atoms with E-state index < -0.39 is 21.8 Å². The summed E-state index contributed by atoms with van der Waals surface area (Å²) in [6, 6.07) is 8.37. The second kappa shape index (κ2) is 8.50. The average Bonchev–Trinajstić information content (AvgIpc) is 2.73. The van der Waals surface area contributed by atoms with Crippen LogP contribution in [0.3, 0.4) is 0 Å². The first kappa shape index (κ1) is 22.5. The highest BCUT2D eigenvalue weighted by Gasteiger charge is 2.33. The van der Waals surface area contributed by atoms with Crippen LogP contribution in [0.4, 0.5) is 18.9 Å². The average molecular weight is 459 g/mol. The zero-order valence-electron chi connectivity index (χ0n) is 16.4. The Kier molecular flexibility index (Phi) is 6.37. The molecule has 0 saturated heterocycles. The lowest BCUT2D eigenvalue weighted by molar-refractivity contribution is -0.137. The minimum absolute atomic E-state index is 0.157. The molecule has 162 valence electrons. The van der Waals surface area contributed by atoms with E-state index in [2.05, 4.69) is 0 Å². The van der Waals surface area contributed by atoms with Gasteiger partial charge in [0.2, 0.25) is 0 Å². The first-order valence-electron chi connectivity index (χ1n) is 9.35. The quantitative estimate of drug-likeness (QED) is 0.663. The Morgan fingerprint density at radius 3 is 2.30 bits per heavy atom. The molecule has 0 N–H and O–H groups in total. The first-order valence-corrected chi connectivity index (χ1v) is 11.8. The minimum atomic E-state index is -4.55. The lowest BCUT2D eigenvalue weighted by Crippen LogP contribution is -2.36. The number of carbonyl (C=O) groups is 1. The third kappa shape index (κ3) is 4.29. The van der Waals surface area contributed by atoms with E-state index in [1.54, 1.807) is 23.1 Å². The van der Waals surface area contributed by atoms with Gasteiger partial charge in [-0.2, -0.15) is 13.2 Å². The first-order chi connectivity index (χ1) is 14.1. The van der Waals surface area contributed by atoms with E-state index in [4.69, 9.17) is 0 Å². The van der Waals surface area contributed by atoms with Crippen molar-refractivity contribution in [2.45, 2.75) is 29.8 Å². The molecule has 0 unspecified atom stereocenters. The van der Waals surface area contributed by atoms with E-state index in [9.17, 15) is 26.4 Å². The van der Waals surface area contributed by atoms with Crippen molar-refractivity contribution < 1.29 is 26.4 Å². The molecule has 2 aromatic rings. The fourth-order valence-electron chi connectivity index (χ4n) is 3.21. The molecule has 1 aliphatic heterocycles. The Bertz CT molecular complexity index is 1030. The minimum Gasteiger partial charge on any atom is -0.339 e. The summed E-state index contributed by atoms with van der Waals surface area (Å²) in [5, 5.41) is 0. The van der Waals surface area contributed by atoms with Gasteiger partial charge in [-0.3, -0.25) is 9.10 Å². The third-order valence-electron chi connectivity index (χ3n) is 4.85. The maximum Gasteiger partial charge on any atom is 0.416 e. The van der Waals surface area contributed by atoms with Gasteiger partial charge in [0.05, 0.1) is 16.1 Å². The predicted molar refractivity (Wildman–Crippen MR) is 110 cm³/mol. The molecule has 10 heteroatoms. The van der Waals surface area contributed by atoms with Gasteiger partial charge in [0.1, 0.15) is 0 Å². The highest BCUT2D eigenvalue weighted by molar-refractivity contribution is 8.00. The molecule has 0 radical (unpaired) electrons. The summed E-state index contributed by atoms with van der Waals surface area (Å²) in [5.41, 5.74) is -0.181. The van der Waals surface area contributed by atoms with Gasteiger partial charge in [0, 0.05) is 35.8 Å². The number of benzene rings is 2. The largest absolute Gasteiger partial charge is 0.416 e. The molecule has 0 saturated carbocycles. The maximum atomic E-state index is 13.2. The highest BCUT2D eigenvalue weighted by Crippen LogP contribution is 2.39. The summed E-state index contributed by atoms with van der Waals surface area (Å²) in [6.07, 6.45) is -4.55. The second-order valence-electron chi connectivity index (χ2n) is 6.61. The van der Waals surface area contributed by atoms with Gasteiger partial charge >= 0.3 is 6.18 Å². The second-order valence-corrected chi connectivity index (χ2v) is 9.61. The number of hydrogen-bond donors (Lipinski definition) is 0. The maximum absolute atomic E-state index is 13.2. The molecule has 3 rings (SSSR count). The van der Waals surface area contributed by atoms with E-state index >= 15 is 0 Å². The summed E-state index contributed by atoms with van der Waals surface area (Å²) in [6.45, 7) is 4.92. The Labute approximate surface area is 177 Å². The molecule has 5 nitrogen and oxygen atoms in total. The van der Waals surface area contributed by atoms with E-state index in [0.717, 1.165) is 24.3 Å². The molecular weight excluding hydrogens is 437 g/mol. The van der Waals surface area contributed by atoms with Crippen molar-refractivity contribution in [3.05, 3.63) is 53.6 Å². The molecular formula is C20H21F3N2O3S2. The van der Waals surface area contributed by atoms with Crippen LogP contribution in [0.15, 0.2) is 52.3 Å². The fourth-order valence-corrected chi connectivity index (χ4v) is 5.84. The molecule has 1 heterocycles. The van der Waals surface area contributed by atoms with Gasteiger partial charge in [-0.1, -0.05) is 0 Å². The van der Waals surface area contributed by atoms with Gasteiger partial charge < -0.3 is 4.90 Å². The monoisotopic (exact) mass is 458 g/mol. The van der Waals surface area contributed by atoms with E-state index in [1.165, 1.54) is 16.1 Å². The Balaban J connectivity index is 2.00. The van der Waals surface area contributed by atoms with Gasteiger partial charge in [0.15, 0.2) is 0 Å². The molecule has 0 aliphatic carbocycles. The van der Waals surface area contributed by atoms with Crippen molar-refractivity contribution in [3.8, 4) is 0 Å². The molecule has 0 atom stereocenters. The zero-order valence-corrected chi connectivity index (χ0v) is 18.1. The van der Waals surface area contributed by atoms with Crippen LogP contribution in [0.1, 0.15) is 29.8 Å². The third-order valence-corrected chi connectivity index (χ3v) is 7.72. The number of anilines is 1. The number of fused-ring (bicyclic) bond motifs is 1. The van der Waals surface area contributed by atoms with E-state index in [0.29, 0.717) is 35.0 Å². The van der Waals surface area contributed by atoms with Crippen LogP contribution in [0.5, 0.6) is 0 Å². The number of thioether (sulfide) groups is 1. The molecule has 0 bridgehead atoms. The number of halogens is 3. The number of carbonyl (C=O) groups excluding carboxylic acids is 1. The standard InChI is InChI=1S/C20H21F3N2O3S2/c1-3-24(4-2)19(26)14-5-10-18-17(13-14)25(11-12-29-18)30(27,28)16-8-6-15(7-9-16)20(21,22)23/h5-10,13H,3-4,11-12H2,1-2H3. The topological polar surface area (TPSA) is 57.7 Å². The van der Waals surface area contributed by atoms with Gasteiger partial charge in [0.25, 0.3) is 15.9 Å². The van der Waals surface area contributed by atoms with Gasteiger partial charge in [-0.15, -0.1) is 11.8 Å². The molecule has 1 amide bonds. The van der Waals surface area contributed by atoms with Crippen LogP contribution < -0.4 is 4.31 Å². The fraction of sp³-hybridized carbons (Fsp3) is 0.350. The van der Waals surface area contributed by atoms with Crippen LogP contribution in [0, 0.1) is 0 Å². The molecule has 1 aliphatic rings. The summed E-state index contributed by atoms with van der Waals surface area (Å²) in [5.74, 6) is 0.293. The van der Waals surface area contributed by atoms with Crippen LogP contribution in [0.25, 0.3) is 0 Å². The number of hydrogen-bond acceptors (Lipinski definition) is 4. The Hall–Kier alpha value is -2.20. The van der Waals surface area contributed by atoms with Crippen molar-refractivity contribution in [3.63, 3.8) is 0 Å². The normalized spacial score (nSPS) is 14.4. The SMILES string of the molecule is CCN(CC)C(=O)c1ccc2c(c1)N(S(=O)(=O)c1ccc(C(F)(F)F)cc1)CCS2. The van der Waals surface area contributed by atoms with Crippen LogP contribution >= 0.6 is 11.8 Å². The molecule has 30 heavy (non-hydrogen) atoms. The highest BCUT2D eigenvalue weighted by atomic mass is 32.2. The van der Waals surface area contributed by atoms with Crippen LogP contribution in [0.2, 0.25) is 0 Å². The number of nitrogens with zero attached hydrogens (tertiary/aromatic N) is 2. The van der Waals surface area contributed by atoms with Crippen LogP contribution in [-0.2, 0) is 16.2 Å². The Morgan fingerprint density at radius 2 is 1.73 bits per heavy atom. The summed E-state index contributed by atoms with van der Waals surface area (Å²) in [7, 11) is -4.08. The number of amides is 1. The Morgan fingerprint density at radius 1 is 1.10 bits per heavy atom. The number of alkyl halides is 3. The van der Waals surface area contributed by atoms with Crippen molar-refractivity contribution in [2.75, 3.05) is 29.7 Å². The smallest absolute Gasteiger partial charge is 0.339 e. The van der Waals surface area contributed by atoms with Crippen LogP contribution in [-0.4, -0.2) is 44.6 Å². The van der Waals surface area contributed by atoms with Crippen molar-refractivity contribution in [1.29, 1.82) is 0 Å². The number of sulfonamides is 1. The molecule has 0 fully saturated rings. The summed E-state index contributed by atoms with van der Waals surface area (Å²) >= 11 is 1.47. The van der Waals surface area contributed by atoms with Gasteiger partial charge in [-0.25, -0.2) is 8.42 Å². The van der Waals surface area contributed by atoms with E-state index in [-0.39, 0.29) is 17.3 Å². The number of rotatable bonds is 5. The molecule has 0 spiro atoms. The van der Waals surface area contributed by atoms with Gasteiger partial charge in [-0.05, 0) is 56.3 Å².